The van der Waals surface area contributed by atoms with Gasteiger partial charge in [-0.05, 0) is 30.5 Å². The van der Waals surface area contributed by atoms with E-state index in [1.54, 1.807) is 7.11 Å². The average Bonchev–Trinajstić information content (AvgIpc) is 2.89. The summed E-state index contributed by atoms with van der Waals surface area (Å²) in [5.74, 6) is 1.64. The van der Waals surface area contributed by atoms with Gasteiger partial charge in [0.05, 0.1) is 6.61 Å². The summed E-state index contributed by atoms with van der Waals surface area (Å²) in [6, 6.07) is 5.94. The van der Waals surface area contributed by atoms with Crippen LogP contribution in [0.4, 0.5) is 0 Å². The molecule has 0 aromatic heterocycles. The number of fused-ring (bicyclic) bond motifs is 1. The lowest BCUT2D eigenvalue weighted by Crippen LogP contribution is -1.96. The van der Waals surface area contributed by atoms with Gasteiger partial charge in [0.15, 0.2) is 11.5 Å². The first-order valence-electron chi connectivity index (χ1n) is 6.85. The summed E-state index contributed by atoms with van der Waals surface area (Å²) in [6.07, 6.45) is 4.65. The molecule has 1 heterocycles. The number of hydrogen-bond acceptors (Lipinski definition) is 4. The predicted octanol–water partition coefficient (Wildman–Crippen LogP) is 3.14. The molecule has 1 aromatic rings. The lowest BCUT2D eigenvalue weighted by Gasteiger charge is -2.05. The quantitative estimate of drug-likeness (QED) is 0.643. The highest BCUT2D eigenvalue weighted by Crippen LogP contribution is 2.32. The molecule has 106 valence electrons. The molecule has 1 aliphatic rings. The first kappa shape index (κ1) is 14.2. The molecule has 0 amide bonds. The van der Waals surface area contributed by atoms with Crippen LogP contribution < -0.4 is 9.47 Å². The molecule has 1 aromatic carbocycles. The third-order valence-electron chi connectivity index (χ3n) is 3.09. The van der Waals surface area contributed by atoms with Gasteiger partial charge in [-0.1, -0.05) is 18.9 Å². The second-order valence-electron chi connectivity index (χ2n) is 4.65. The van der Waals surface area contributed by atoms with Gasteiger partial charge in [0.2, 0.25) is 6.79 Å². The number of rotatable bonds is 9. The van der Waals surface area contributed by atoms with Gasteiger partial charge in [0.1, 0.15) is 0 Å². The van der Waals surface area contributed by atoms with Gasteiger partial charge in [0, 0.05) is 20.3 Å². The highest BCUT2D eigenvalue weighted by Gasteiger charge is 2.12. The molecule has 0 aliphatic carbocycles. The second-order valence-corrected chi connectivity index (χ2v) is 4.65. The molecule has 0 spiro atoms. The van der Waals surface area contributed by atoms with Crippen molar-refractivity contribution in [1.29, 1.82) is 0 Å². The van der Waals surface area contributed by atoms with Crippen LogP contribution in [0.15, 0.2) is 18.2 Å². The van der Waals surface area contributed by atoms with Crippen LogP contribution in [0.2, 0.25) is 0 Å². The summed E-state index contributed by atoms with van der Waals surface area (Å²) in [4.78, 5) is 0. The normalized spacial score (nSPS) is 12.9. The van der Waals surface area contributed by atoms with E-state index in [2.05, 4.69) is 0 Å². The molecule has 2 rings (SSSR count). The van der Waals surface area contributed by atoms with Crippen molar-refractivity contribution < 1.29 is 18.9 Å². The van der Waals surface area contributed by atoms with E-state index in [1.165, 1.54) is 12.8 Å². The largest absolute Gasteiger partial charge is 0.454 e. The zero-order chi connectivity index (χ0) is 13.3. The van der Waals surface area contributed by atoms with Crippen LogP contribution in [0.3, 0.4) is 0 Å². The summed E-state index contributed by atoms with van der Waals surface area (Å²) < 4.78 is 21.3. The highest BCUT2D eigenvalue weighted by atomic mass is 16.7. The average molecular weight is 266 g/mol. The van der Waals surface area contributed by atoms with Crippen molar-refractivity contribution in [2.75, 3.05) is 27.1 Å². The van der Waals surface area contributed by atoms with Crippen LogP contribution in [0.1, 0.15) is 31.2 Å². The van der Waals surface area contributed by atoms with Crippen LogP contribution in [-0.2, 0) is 16.1 Å². The fourth-order valence-corrected chi connectivity index (χ4v) is 2.02. The van der Waals surface area contributed by atoms with E-state index in [4.69, 9.17) is 18.9 Å². The first-order chi connectivity index (χ1) is 9.40. The van der Waals surface area contributed by atoms with Crippen LogP contribution >= 0.6 is 0 Å². The minimum atomic E-state index is 0.321. The smallest absolute Gasteiger partial charge is 0.231 e. The van der Waals surface area contributed by atoms with Crippen LogP contribution in [-0.4, -0.2) is 27.1 Å². The zero-order valence-electron chi connectivity index (χ0n) is 11.5. The van der Waals surface area contributed by atoms with Crippen LogP contribution in [0.25, 0.3) is 0 Å². The van der Waals surface area contributed by atoms with E-state index in [0.717, 1.165) is 43.1 Å². The maximum Gasteiger partial charge on any atom is 0.231 e. The zero-order valence-corrected chi connectivity index (χ0v) is 11.5. The van der Waals surface area contributed by atoms with Gasteiger partial charge in [-0.3, -0.25) is 0 Å². The molecule has 4 nitrogen and oxygen atoms in total. The van der Waals surface area contributed by atoms with Gasteiger partial charge in [-0.15, -0.1) is 0 Å². The summed E-state index contributed by atoms with van der Waals surface area (Å²) in [6.45, 7) is 2.62. The van der Waals surface area contributed by atoms with Gasteiger partial charge in [-0.25, -0.2) is 0 Å². The molecule has 19 heavy (non-hydrogen) atoms. The third-order valence-corrected chi connectivity index (χ3v) is 3.09. The fraction of sp³-hybridized carbons (Fsp3) is 0.600. The van der Waals surface area contributed by atoms with E-state index in [-0.39, 0.29) is 0 Å². The summed E-state index contributed by atoms with van der Waals surface area (Å²) in [5.41, 5.74) is 1.13. The van der Waals surface area contributed by atoms with Crippen molar-refractivity contribution in [1.82, 2.24) is 0 Å². The van der Waals surface area contributed by atoms with Gasteiger partial charge in [-0.2, -0.15) is 0 Å². The van der Waals surface area contributed by atoms with Gasteiger partial charge in [0.25, 0.3) is 0 Å². The van der Waals surface area contributed by atoms with E-state index in [1.807, 2.05) is 18.2 Å². The van der Waals surface area contributed by atoms with Crippen molar-refractivity contribution in [3.8, 4) is 11.5 Å². The summed E-state index contributed by atoms with van der Waals surface area (Å²) in [5, 5.41) is 0. The Morgan fingerprint density at radius 1 is 1.00 bits per heavy atom. The Morgan fingerprint density at radius 3 is 2.63 bits per heavy atom. The maximum absolute atomic E-state index is 5.66. The van der Waals surface area contributed by atoms with E-state index in [9.17, 15) is 0 Å². The Labute approximate surface area is 114 Å². The maximum atomic E-state index is 5.66. The topological polar surface area (TPSA) is 36.9 Å². The molecule has 1 aliphatic heterocycles. The Hall–Kier alpha value is -1.26. The van der Waals surface area contributed by atoms with Crippen molar-refractivity contribution in [3.05, 3.63) is 23.8 Å². The Morgan fingerprint density at radius 2 is 1.79 bits per heavy atom. The molecule has 0 fully saturated rings. The lowest BCUT2D eigenvalue weighted by molar-refractivity contribution is 0.115. The number of hydrogen-bond donors (Lipinski definition) is 0. The molecule has 0 saturated heterocycles. The fourth-order valence-electron chi connectivity index (χ4n) is 2.02. The van der Waals surface area contributed by atoms with E-state index >= 15 is 0 Å². The van der Waals surface area contributed by atoms with Gasteiger partial charge < -0.3 is 18.9 Å². The SMILES string of the molecule is COCCCCCCOCc1ccc2c(c1)OCO2. The Balaban J connectivity index is 1.56. The van der Waals surface area contributed by atoms with E-state index < -0.39 is 0 Å². The third kappa shape index (κ3) is 4.73. The minimum Gasteiger partial charge on any atom is -0.454 e. The standard InChI is InChI=1S/C15H22O4/c1-16-8-4-2-3-5-9-17-11-13-6-7-14-15(10-13)19-12-18-14/h6-7,10H,2-5,8-9,11-12H2,1H3. The Kier molecular flexibility index (Phi) is 5.98. The molecular formula is C15H22O4. The predicted molar refractivity (Wildman–Crippen MR) is 72.6 cm³/mol. The monoisotopic (exact) mass is 266 g/mol. The summed E-state index contributed by atoms with van der Waals surface area (Å²) >= 11 is 0. The molecule has 0 saturated carbocycles. The van der Waals surface area contributed by atoms with Crippen molar-refractivity contribution >= 4 is 0 Å². The molecule has 0 atom stereocenters. The van der Waals surface area contributed by atoms with Crippen molar-refractivity contribution in [2.45, 2.75) is 32.3 Å². The van der Waals surface area contributed by atoms with Crippen molar-refractivity contribution in [3.63, 3.8) is 0 Å². The lowest BCUT2D eigenvalue weighted by atomic mass is 10.2. The number of ether oxygens (including phenoxy) is 4. The highest BCUT2D eigenvalue weighted by molar-refractivity contribution is 5.44. The molecule has 0 bridgehead atoms. The molecular weight excluding hydrogens is 244 g/mol. The number of benzene rings is 1. The molecule has 0 N–H and O–H groups in total. The molecule has 0 unspecified atom stereocenters. The number of methoxy groups -OCH3 is 1. The Bertz CT molecular complexity index is 378. The minimum absolute atomic E-state index is 0.321. The second kappa shape index (κ2) is 8.02. The van der Waals surface area contributed by atoms with E-state index in [0.29, 0.717) is 13.4 Å². The van der Waals surface area contributed by atoms with Crippen LogP contribution in [0, 0.1) is 0 Å². The summed E-state index contributed by atoms with van der Waals surface area (Å²) in [7, 11) is 1.74. The number of unbranched alkanes of at least 4 members (excludes halogenated alkanes) is 3. The first-order valence-corrected chi connectivity index (χ1v) is 6.85. The molecule has 4 heteroatoms. The van der Waals surface area contributed by atoms with Gasteiger partial charge >= 0.3 is 0 Å². The molecule has 0 radical (unpaired) electrons. The van der Waals surface area contributed by atoms with Crippen LogP contribution in [0.5, 0.6) is 11.5 Å². The van der Waals surface area contributed by atoms with Crippen molar-refractivity contribution in [2.24, 2.45) is 0 Å².